The maximum absolute atomic E-state index is 5.14. The molecular formula is C12H11N5O. The third-order valence-electron chi connectivity index (χ3n) is 2.53. The summed E-state index contributed by atoms with van der Waals surface area (Å²) in [5.74, 6) is 1.12. The molecule has 6 heteroatoms. The minimum Gasteiger partial charge on any atom is -0.332 e. The van der Waals surface area contributed by atoms with Crippen molar-refractivity contribution < 1.29 is 4.52 Å². The van der Waals surface area contributed by atoms with Crippen LogP contribution in [0, 0.1) is 0 Å². The Labute approximate surface area is 103 Å². The summed E-state index contributed by atoms with van der Waals surface area (Å²) in [5, 5.41) is 3.85. The van der Waals surface area contributed by atoms with E-state index in [-0.39, 0.29) is 0 Å². The van der Waals surface area contributed by atoms with Crippen LogP contribution < -0.4 is 0 Å². The van der Waals surface area contributed by atoms with E-state index < -0.39 is 0 Å². The molecule has 3 rings (SSSR count). The average molecular weight is 241 g/mol. The van der Waals surface area contributed by atoms with Gasteiger partial charge in [0.1, 0.15) is 12.0 Å². The van der Waals surface area contributed by atoms with E-state index in [0.29, 0.717) is 17.4 Å². The van der Waals surface area contributed by atoms with Crippen molar-refractivity contribution in [3.63, 3.8) is 0 Å². The van der Waals surface area contributed by atoms with E-state index in [9.17, 15) is 0 Å². The van der Waals surface area contributed by atoms with Crippen LogP contribution in [-0.2, 0) is 6.42 Å². The number of imidazole rings is 1. The van der Waals surface area contributed by atoms with Crippen LogP contribution in [0.1, 0.15) is 12.7 Å². The van der Waals surface area contributed by atoms with Crippen LogP contribution >= 0.6 is 0 Å². The molecule has 18 heavy (non-hydrogen) atoms. The Morgan fingerprint density at radius 2 is 2.33 bits per heavy atom. The van der Waals surface area contributed by atoms with Gasteiger partial charge in [-0.25, -0.2) is 4.98 Å². The van der Waals surface area contributed by atoms with Gasteiger partial charge < -0.3 is 9.09 Å². The van der Waals surface area contributed by atoms with Crippen LogP contribution in [0.25, 0.3) is 17.3 Å². The van der Waals surface area contributed by atoms with E-state index in [2.05, 4.69) is 20.1 Å². The van der Waals surface area contributed by atoms with Crippen LogP contribution in [0.4, 0.5) is 0 Å². The number of pyridine rings is 1. The molecule has 0 aliphatic carbocycles. The molecule has 3 heterocycles. The molecule has 3 aromatic heterocycles. The topological polar surface area (TPSA) is 69.6 Å². The lowest BCUT2D eigenvalue weighted by Crippen LogP contribution is -1.89. The summed E-state index contributed by atoms with van der Waals surface area (Å²) in [6.45, 7) is 1.98. The molecule has 0 fully saturated rings. The standard InChI is InChI=1S/C12H11N5O/c1-2-11-15-12(18-16-11)10-7-17(8-14-10)9-4-3-5-13-6-9/h3-8H,2H2,1H3. The summed E-state index contributed by atoms with van der Waals surface area (Å²) in [5.41, 5.74) is 1.59. The Morgan fingerprint density at radius 3 is 3.06 bits per heavy atom. The molecule has 0 saturated carbocycles. The quantitative estimate of drug-likeness (QED) is 0.700. The van der Waals surface area contributed by atoms with Gasteiger partial charge in [0.25, 0.3) is 5.89 Å². The molecule has 3 aromatic rings. The monoisotopic (exact) mass is 241 g/mol. The first-order valence-corrected chi connectivity index (χ1v) is 5.64. The largest absolute Gasteiger partial charge is 0.332 e. The Kier molecular flexibility index (Phi) is 2.60. The predicted molar refractivity (Wildman–Crippen MR) is 64.0 cm³/mol. The molecule has 0 spiro atoms. The van der Waals surface area contributed by atoms with Gasteiger partial charge >= 0.3 is 0 Å². The third kappa shape index (κ3) is 1.88. The molecule has 0 N–H and O–H groups in total. The van der Waals surface area contributed by atoms with Crippen molar-refractivity contribution in [1.82, 2.24) is 24.7 Å². The van der Waals surface area contributed by atoms with E-state index in [1.165, 1.54) is 0 Å². The average Bonchev–Trinajstić information content (AvgIpc) is 3.08. The maximum Gasteiger partial charge on any atom is 0.278 e. The van der Waals surface area contributed by atoms with Crippen molar-refractivity contribution in [2.75, 3.05) is 0 Å². The Balaban J connectivity index is 1.94. The number of aryl methyl sites for hydroxylation is 1. The van der Waals surface area contributed by atoms with Gasteiger partial charge in [0.05, 0.1) is 11.9 Å². The molecule has 0 aliphatic rings. The van der Waals surface area contributed by atoms with Gasteiger partial charge in [-0.05, 0) is 12.1 Å². The third-order valence-corrected chi connectivity index (χ3v) is 2.53. The summed E-state index contributed by atoms with van der Waals surface area (Å²) in [6.07, 6.45) is 7.77. The molecule has 90 valence electrons. The SMILES string of the molecule is CCc1noc(-c2cn(-c3cccnc3)cn2)n1. The fourth-order valence-corrected chi connectivity index (χ4v) is 1.58. The smallest absolute Gasteiger partial charge is 0.278 e. The van der Waals surface area contributed by atoms with Crippen LogP contribution in [0.15, 0.2) is 41.6 Å². The molecule has 0 aromatic carbocycles. The second-order valence-corrected chi connectivity index (χ2v) is 3.75. The highest BCUT2D eigenvalue weighted by atomic mass is 16.5. The normalized spacial score (nSPS) is 10.7. The molecule has 6 nitrogen and oxygen atoms in total. The summed E-state index contributed by atoms with van der Waals surface area (Å²) < 4.78 is 7.00. The van der Waals surface area contributed by atoms with Crippen LogP contribution in [0.5, 0.6) is 0 Å². The van der Waals surface area contributed by atoms with Gasteiger partial charge in [0.2, 0.25) is 0 Å². The highest BCUT2D eigenvalue weighted by Gasteiger charge is 2.11. The fraction of sp³-hybridized carbons (Fsp3) is 0.167. The molecule has 0 atom stereocenters. The van der Waals surface area contributed by atoms with E-state index in [4.69, 9.17) is 4.52 Å². The maximum atomic E-state index is 5.14. The number of rotatable bonds is 3. The van der Waals surface area contributed by atoms with Gasteiger partial charge in [0, 0.05) is 18.8 Å². The number of hydrogen-bond donors (Lipinski definition) is 0. The van der Waals surface area contributed by atoms with Crippen molar-refractivity contribution in [3.8, 4) is 17.3 Å². The highest BCUT2D eigenvalue weighted by molar-refractivity contribution is 5.46. The van der Waals surface area contributed by atoms with Gasteiger partial charge in [-0.1, -0.05) is 12.1 Å². The van der Waals surface area contributed by atoms with Gasteiger partial charge in [0.15, 0.2) is 5.82 Å². The minimum atomic E-state index is 0.439. The fourth-order valence-electron chi connectivity index (χ4n) is 1.58. The Hall–Kier alpha value is -2.50. The van der Waals surface area contributed by atoms with Crippen LogP contribution in [-0.4, -0.2) is 24.7 Å². The van der Waals surface area contributed by atoms with Crippen LogP contribution in [0.3, 0.4) is 0 Å². The van der Waals surface area contributed by atoms with E-state index in [1.807, 2.05) is 29.8 Å². The van der Waals surface area contributed by atoms with E-state index in [0.717, 1.165) is 12.1 Å². The molecule has 0 amide bonds. The zero-order valence-corrected chi connectivity index (χ0v) is 9.82. The van der Waals surface area contributed by atoms with Gasteiger partial charge in [-0.2, -0.15) is 4.98 Å². The molecule has 0 unspecified atom stereocenters. The second kappa shape index (κ2) is 4.40. The summed E-state index contributed by atoms with van der Waals surface area (Å²) in [7, 11) is 0. The second-order valence-electron chi connectivity index (χ2n) is 3.75. The number of nitrogens with zero attached hydrogens (tertiary/aromatic N) is 5. The molecule has 0 bridgehead atoms. The van der Waals surface area contributed by atoms with Crippen molar-refractivity contribution in [3.05, 3.63) is 42.9 Å². The van der Waals surface area contributed by atoms with Crippen LogP contribution in [0.2, 0.25) is 0 Å². The van der Waals surface area contributed by atoms with Crippen molar-refractivity contribution in [1.29, 1.82) is 0 Å². The Morgan fingerprint density at radius 1 is 1.39 bits per heavy atom. The zero-order chi connectivity index (χ0) is 12.4. The summed E-state index contributed by atoms with van der Waals surface area (Å²) in [6, 6.07) is 3.82. The highest BCUT2D eigenvalue weighted by Crippen LogP contribution is 2.16. The van der Waals surface area contributed by atoms with Crippen molar-refractivity contribution in [2.24, 2.45) is 0 Å². The lowest BCUT2D eigenvalue weighted by Gasteiger charge is -1.98. The van der Waals surface area contributed by atoms with Gasteiger partial charge in [-0.15, -0.1) is 0 Å². The van der Waals surface area contributed by atoms with Crippen molar-refractivity contribution in [2.45, 2.75) is 13.3 Å². The number of aromatic nitrogens is 5. The number of hydrogen-bond acceptors (Lipinski definition) is 5. The molecule has 0 saturated heterocycles. The predicted octanol–water partition coefficient (Wildman–Crippen LogP) is 1.88. The first-order valence-electron chi connectivity index (χ1n) is 5.64. The lowest BCUT2D eigenvalue weighted by molar-refractivity contribution is 0.422. The first kappa shape index (κ1) is 10.6. The van der Waals surface area contributed by atoms with E-state index >= 15 is 0 Å². The van der Waals surface area contributed by atoms with Gasteiger partial charge in [-0.3, -0.25) is 4.98 Å². The molecular weight excluding hydrogens is 230 g/mol. The minimum absolute atomic E-state index is 0.439. The van der Waals surface area contributed by atoms with E-state index in [1.54, 1.807) is 18.7 Å². The van der Waals surface area contributed by atoms with Crippen molar-refractivity contribution >= 4 is 0 Å². The zero-order valence-electron chi connectivity index (χ0n) is 9.82. The molecule has 0 radical (unpaired) electrons. The molecule has 0 aliphatic heterocycles. The lowest BCUT2D eigenvalue weighted by atomic mass is 10.4. The summed E-state index contributed by atoms with van der Waals surface area (Å²) >= 11 is 0. The Bertz CT molecular complexity index is 643. The summed E-state index contributed by atoms with van der Waals surface area (Å²) in [4.78, 5) is 12.5. The first-order chi connectivity index (χ1) is 8.86.